The van der Waals surface area contributed by atoms with Crippen molar-refractivity contribution in [2.24, 2.45) is 16.7 Å². The van der Waals surface area contributed by atoms with Crippen LogP contribution in [0, 0.1) is 16.7 Å². The van der Waals surface area contributed by atoms with Gasteiger partial charge in [-0.05, 0) is 61.8 Å². The van der Waals surface area contributed by atoms with Crippen molar-refractivity contribution in [3.63, 3.8) is 0 Å². The quantitative estimate of drug-likeness (QED) is 0.823. The first-order valence-electron chi connectivity index (χ1n) is 8.52. The Morgan fingerprint density at radius 1 is 1.05 bits per heavy atom. The molecule has 1 N–H and O–H groups in total. The molecular formula is C17H30N2. The van der Waals surface area contributed by atoms with E-state index in [4.69, 9.17) is 0 Å². The fourth-order valence-electron chi connectivity index (χ4n) is 5.99. The summed E-state index contributed by atoms with van der Waals surface area (Å²) in [5.41, 5.74) is 1.10. The Hall–Kier alpha value is -0.0800. The molecule has 108 valence electrons. The van der Waals surface area contributed by atoms with Gasteiger partial charge in [0.1, 0.15) is 0 Å². The molecule has 4 aliphatic rings. The monoisotopic (exact) mass is 262 g/mol. The first kappa shape index (κ1) is 12.6. The lowest BCUT2D eigenvalue weighted by molar-refractivity contribution is 0.112. The van der Waals surface area contributed by atoms with E-state index in [0.717, 1.165) is 24.0 Å². The van der Waals surface area contributed by atoms with Crippen molar-refractivity contribution < 1.29 is 0 Å². The number of hydrogen-bond acceptors (Lipinski definition) is 2. The number of rotatable bonds is 2. The van der Waals surface area contributed by atoms with Gasteiger partial charge in [0.05, 0.1) is 0 Å². The van der Waals surface area contributed by atoms with Crippen LogP contribution in [0.25, 0.3) is 0 Å². The van der Waals surface area contributed by atoms with Gasteiger partial charge in [-0.15, -0.1) is 0 Å². The van der Waals surface area contributed by atoms with Crippen LogP contribution in [-0.2, 0) is 0 Å². The van der Waals surface area contributed by atoms with Gasteiger partial charge in [-0.25, -0.2) is 0 Å². The Bertz CT molecular complexity index is 377. The lowest BCUT2D eigenvalue weighted by Crippen LogP contribution is -2.51. The minimum atomic E-state index is 0.545. The summed E-state index contributed by atoms with van der Waals surface area (Å²) in [6, 6.07) is 2.44. The zero-order valence-electron chi connectivity index (χ0n) is 12.9. The van der Waals surface area contributed by atoms with Gasteiger partial charge in [0.2, 0.25) is 0 Å². The summed E-state index contributed by atoms with van der Waals surface area (Å²) in [7, 11) is 0. The lowest BCUT2D eigenvalue weighted by atomic mass is 9.69. The number of fused-ring (bicyclic) bond motifs is 3. The van der Waals surface area contributed by atoms with Crippen molar-refractivity contribution in [1.29, 1.82) is 0 Å². The van der Waals surface area contributed by atoms with Crippen LogP contribution in [0.4, 0.5) is 0 Å². The van der Waals surface area contributed by atoms with Crippen molar-refractivity contribution in [2.75, 3.05) is 13.1 Å². The molecule has 19 heavy (non-hydrogen) atoms. The molecule has 2 aliphatic heterocycles. The molecular weight excluding hydrogens is 232 g/mol. The Balaban J connectivity index is 1.50. The minimum Gasteiger partial charge on any atom is -0.309 e. The fraction of sp³-hybridized carbons (Fsp3) is 1.00. The van der Waals surface area contributed by atoms with Crippen LogP contribution >= 0.6 is 0 Å². The maximum atomic E-state index is 4.14. The lowest BCUT2D eigenvalue weighted by Gasteiger charge is -2.41. The van der Waals surface area contributed by atoms with Gasteiger partial charge in [0.25, 0.3) is 0 Å². The summed E-state index contributed by atoms with van der Waals surface area (Å²) in [6.07, 6.45) is 8.62. The van der Waals surface area contributed by atoms with Crippen molar-refractivity contribution in [3.8, 4) is 0 Å². The van der Waals surface area contributed by atoms with Crippen LogP contribution in [0.3, 0.4) is 0 Å². The number of hydrogen-bond donors (Lipinski definition) is 1. The van der Waals surface area contributed by atoms with E-state index in [1.165, 1.54) is 51.6 Å². The third-order valence-electron chi connectivity index (χ3n) is 7.82. The van der Waals surface area contributed by atoms with E-state index in [9.17, 15) is 0 Å². The highest BCUT2D eigenvalue weighted by Gasteiger charge is 2.61. The molecule has 4 rings (SSSR count). The normalized spacial score (nSPS) is 51.9. The highest BCUT2D eigenvalue weighted by Crippen LogP contribution is 2.65. The van der Waals surface area contributed by atoms with Crippen LogP contribution in [0.5, 0.6) is 0 Å². The van der Waals surface area contributed by atoms with Crippen molar-refractivity contribution >= 4 is 0 Å². The average Bonchev–Trinajstić information content (AvgIpc) is 3.03. The highest BCUT2D eigenvalue weighted by molar-refractivity contribution is 5.14. The summed E-state index contributed by atoms with van der Waals surface area (Å²) >= 11 is 0. The second-order valence-electron chi connectivity index (χ2n) is 8.47. The van der Waals surface area contributed by atoms with E-state index in [0.29, 0.717) is 10.8 Å². The van der Waals surface area contributed by atoms with Crippen molar-refractivity contribution in [1.82, 2.24) is 10.2 Å². The van der Waals surface area contributed by atoms with Crippen molar-refractivity contribution in [3.05, 3.63) is 0 Å². The Morgan fingerprint density at radius 2 is 1.89 bits per heavy atom. The Labute approximate surface area is 118 Å². The first-order valence-corrected chi connectivity index (χ1v) is 8.52. The second kappa shape index (κ2) is 3.98. The molecule has 0 aromatic heterocycles. The molecule has 5 atom stereocenters. The molecule has 0 aromatic rings. The minimum absolute atomic E-state index is 0.545. The highest BCUT2D eigenvalue weighted by atomic mass is 15.2. The summed E-state index contributed by atoms with van der Waals surface area (Å²) in [5, 5.41) is 4.14. The van der Waals surface area contributed by atoms with Gasteiger partial charge in [-0.3, -0.25) is 4.90 Å². The molecule has 5 unspecified atom stereocenters. The predicted molar refractivity (Wildman–Crippen MR) is 79.2 cm³/mol. The fourth-order valence-corrected chi connectivity index (χ4v) is 5.99. The van der Waals surface area contributed by atoms with Crippen molar-refractivity contribution in [2.45, 2.75) is 77.4 Å². The van der Waals surface area contributed by atoms with E-state index in [1.807, 2.05) is 0 Å². The second-order valence-corrected chi connectivity index (χ2v) is 8.47. The average molecular weight is 262 g/mol. The van der Waals surface area contributed by atoms with E-state index < -0.39 is 0 Å². The van der Waals surface area contributed by atoms with Gasteiger partial charge < -0.3 is 5.32 Å². The maximum absolute atomic E-state index is 4.14. The topological polar surface area (TPSA) is 15.3 Å². The van der Waals surface area contributed by atoms with Gasteiger partial charge in [0, 0.05) is 24.7 Å². The maximum Gasteiger partial charge on any atom is 0.0250 e. The molecule has 4 fully saturated rings. The van der Waals surface area contributed by atoms with Gasteiger partial charge >= 0.3 is 0 Å². The van der Waals surface area contributed by atoms with E-state index in [1.54, 1.807) is 0 Å². The molecule has 0 aromatic carbocycles. The molecule has 2 aliphatic carbocycles. The molecule has 2 heterocycles. The van der Waals surface area contributed by atoms with Crippen LogP contribution in [0.2, 0.25) is 0 Å². The molecule has 2 bridgehead atoms. The zero-order chi connectivity index (χ0) is 13.3. The third-order valence-corrected chi connectivity index (χ3v) is 7.82. The van der Waals surface area contributed by atoms with Gasteiger partial charge in [-0.1, -0.05) is 20.8 Å². The Morgan fingerprint density at radius 3 is 2.58 bits per heavy atom. The molecule has 2 heteroatoms. The first-order chi connectivity index (χ1) is 9.02. The largest absolute Gasteiger partial charge is 0.309 e. The predicted octanol–water partition coefficient (Wildman–Crippen LogP) is 3.03. The molecule has 2 saturated heterocycles. The zero-order valence-corrected chi connectivity index (χ0v) is 12.9. The summed E-state index contributed by atoms with van der Waals surface area (Å²) in [4.78, 5) is 2.73. The molecule has 0 spiro atoms. The van der Waals surface area contributed by atoms with E-state index in [-0.39, 0.29) is 0 Å². The molecule has 2 nitrogen and oxygen atoms in total. The summed E-state index contributed by atoms with van der Waals surface area (Å²) in [5.74, 6) is 0.969. The van der Waals surface area contributed by atoms with Crippen LogP contribution in [0.15, 0.2) is 0 Å². The van der Waals surface area contributed by atoms with Crippen LogP contribution in [0.1, 0.15) is 59.3 Å². The SMILES string of the molecule is CC1(C)C2CCC1(C)C(NC1CCN3CCCC13)C2. The third kappa shape index (κ3) is 1.56. The summed E-state index contributed by atoms with van der Waals surface area (Å²) in [6.45, 7) is 10.3. The van der Waals surface area contributed by atoms with Gasteiger partial charge in [0.15, 0.2) is 0 Å². The Kier molecular flexibility index (Phi) is 2.65. The van der Waals surface area contributed by atoms with Crippen LogP contribution in [-0.4, -0.2) is 36.1 Å². The standard InChI is InChI=1S/C17H30N2/c1-16(2)12-6-8-17(16,3)15(11-12)18-13-7-10-19-9-4-5-14(13)19/h12-15,18H,4-11H2,1-3H3. The van der Waals surface area contributed by atoms with E-state index >= 15 is 0 Å². The molecule has 0 amide bonds. The van der Waals surface area contributed by atoms with Crippen LogP contribution < -0.4 is 5.32 Å². The smallest absolute Gasteiger partial charge is 0.0250 e. The van der Waals surface area contributed by atoms with Gasteiger partial charge in [-0.2, -0.15) is 0 Å². The number of nitrogens with zero attached hydrogens (tertiary/aromatic N) is 1. The molecule has 2 saturated carbocycles. The summed E-state index contributed by atoms with van der Waals surface area (Å²) < 4.78 is 0. The molecule has 0 radical (unpaired) electrons. The number of nitrogens with one attached hydrogen (secondary N) is 1. The van der Waals surface area contributed by atoms with E-state index in [2.05, 4.69) is 31.0 Å².